The van der Waals surface area contributed by atoms with Crippen LogP contribution in [0, 0.1) is 6.92 Å². The summed E-state index contributed by atoms with van der Waals surface area (Å²) in [5, 5.41) is 3.75. The molecule has 8 nitrogen and oxygen atoms in total. The van der Waals surface area contributed by atoms with Crippen LogP contribution in [0.15, 0.2) is 71.6 Å². The molecule has 1 fully saturated rings. The number of carbonyl (C=O) groups excluding carboxylic acids is 2. The topological polar surface area (TPSA) is 96.0 Å². The number of benzene rings is 3. The fraction of sp³-hybridized carbons (Fsp3) is 0.375. The SMILES string of the molecule is COc1ccc(C)cc1N(CC(=O)N(Cc1c(Cl)cccc1Cl)[C@H](C)C(=O)NC1CCCCC1)S(=O)(=O)c1ccccc1. The van der Waals surface area contributed by atoms with Crippen LogP contribution in [0.1, 0.15) is 50.2 Å². The van der Waals surface area contributed by atoms with E-state index >= 15 is 0 Å². The third-order valence-corrected chi connectivity index (χ3v) is 10.2. The van der Waals surface area contributed by atoms with Crippen molar-refractivity contribution < 1.29 is 22.7 Å². The number of aryl methyl sites for hydroxylation is 1. The Morgan fingerprint density at radius 3 is 2.26 bits per heavy atom. The van der Waals surface area contributed by atoms with Crippen LogP contribution < -0.4 is 14.4 Å². The molecule has 1 saturated carbocycles. The van der Waals surface area contributed by atoms with Gasteiger partial charge in [0.2, 0.25) is 11.8 Å². The number of nitrogens with zero attached hydrogens (tertiary/aromatic N) is 2. The van der Waals surface area contributed by atoms with Crippen molar-refractivity contribution in [2.24, 2.45) is 0 Å². The highest BCUT2D eigenvalue weighted by Crippen LogP contribution is 2.34. The molecule has 43 heavy (non-hydrogen) atoms. The van der Waals surface area contributed by atoms with E-state index in [1.165, 1.54) is 24.1 Å². The Bertz CT molecular complexity index is 1530. The molecule has 11 heteroatoms. The van der Waals surface area contributed by atoms with Crippen molar-refractivity contribution in [3.05, 3.63) is 87.9 Å². The molecule has 0 unspecified atom stereocenters. The fourth-order valence-electron chi connectivity index (χ4n) is 5.23. The van der Waals surface area contributed by atoms with Crippen molar-refractivity contribution in [2.45, 2.75) is 69.5 Å². The Labute approximate surface area is 264 Å². The van der Waals surface area contributed by atoms with Gasteiger partial charge in [0.15, 0.2) is 0 Å². The van der Waals surface area contributed by atoms with Gasteiger partial charge in [-0.05, 0) is 68.7 Å². The molecule has 1 N–H and O–H groups in total. The summed E-state index contributed by atoms with van der Waals surface area (Å²) in [4.78, 5) is 29.1. The first-order valence-corrected chi connectivity index (χ1v) is 16.5. The monoisotopic (exact) mass is 645 g/mol. The largest absolute Gasteiger partial charge is 0.495 e. The number of hydrogen-bond donors (Lipinski definition) is 1. The zero-order chi connectivity index (χ0) is 31.1. The zero-order valence-electron chi connectivity index (χ0n) is 24.6. The number of anilines is 1. The Hall–Kier alpha value is -3.27. The van der Waals surface area contributed by atoms with E-state index in [1.807, 2.05) is 6.92 Å². The van der Waals surface area contributed by atoms with Gasteiger partial charge in [0, 0.05) is 28.2 Å². The van der Waals surface area contributed by atoms with Crippen LogP contribution >= 0.6 is 23.2 Å². The molecule has 4 rings (SSSR count). The second-order valence-electron chi connectivity index (χ2n) is 10.7. The molecule has 0 saturated heterocycles. The van der Waals surface area contributed by atoms with Gasteiger partial charge >= 0.3 is 0 Å². The number of ether oxygens (including phenoxy) is 1. The van der Waals surface area contributed by atoms with Crippen LogP contribution in [0.2, 0.25) is 10.0 Å². The van der Waals surface area contributed by atoms with Gasteiger partial charge in [-0.3, -0.25) is 13.9 Å². The average Bonchev–Trinajstić information content (AvgIpc) is 3.00. The van der Waals surface area contributed by atoms with Crippen LogP contribution in [0.3, 0.4) is 0 Å². The first-order valence-electron chi connectivity index (χ1n) is 14.3. The average molecular weight is 647 g/mol. The van der Waals surface area contributed by atoms with Gasteiger partial charge in [0.1, 0.15) is 18.3 Å². The molecule has 0 radical (unpaired) electrons. The first-order chi connectivity index (χ1) is 20.5. The van der Waals surface area contributed by atoms with E-state index in [-0.39, 0.29) is 34.8 Å². The molecule has 230 valence electrons. The Kier molecular flexibility index (Phi) is 11.0. The predicted octanol–water partition coefficient (Wildman–Crippen LogP) is 6.37. The number of carbonyl (C=O) groups is 2. The lowest BCUT2D eigenvalue weighted by Crippen LogP contribution is -2.53. The number of halogens is 2. The number of rotatable bonds is 11. The minimum absolute atomic E-state index is 0.00940. The van der Waals surface area contributed by atoms with Gasteiger partial charge in [-0.2, -0.15) is 0 Å². The van der Waals surface area contributed by atoms with E-state index < -0.39 is 28.5 Å². The van der Waals surface area contributed by atoms with E-state index in [2.05, 4.69) is 5.32 Å². The molecule has 0 aromatic heterocycles. The van der Waals surface area contributed by atoms with Gasteiger partial charge in [-0.15, -0.1) is 0 Å². The van der Waals surface area contributed by atoms with Crippen LogP contribution in [0.5, 0.6) is 5.75 Å². The lowest BCUT2D eigenvalue weighted by atomic mass is 9.95. The number of nitrogens with one attached hydrogen (secondary N) is 1. The molecule has 3 aromatic carbocycles. The van der Waals surface area contributed by atoms with E-state index in [0.717, 1.165) is 42.0 Å². The van der Waals surface area contributed by atoms with Crippen molar-refractivity contribution >= 4 is 50.7 Å². The van der Waals surface area contributed by atoms with E-state index in [9.17, 15) is 18.0 Å². The highest BCUT2D eigenvalue weighted by molar-refractivity contribution is 7.92. The lowest BCUT2D eigenvalue weighted by molar-refractivity contribution is -0.139. The fourth-order valence-corrected chi connectivity index (χ4v) is 7.19. The molecule has 0 aliphatic heterocycles. The van der Waals surface area contributed by atoms with Gasteiger partial charge < -0.3 is 15.0 Å². The summed E-state index contributed by atoms with van der Waals surface area (Å²) < 4.78 is 34.7. The number of sulfonamides is 1. The summed E-state index contributed by atoms with van der Waals surface area (Å²) in [6, 6.07) is 17.1. The quantitative estimate of drug-likeness (QED) is 0.261. The van der Waals surface area contributed by atoms with Gasteiger partial charge in [-0.25, -0.2) is 8.42 Å². The highest BCUT2D eigenvalue weighted by atomic mass is 35.5. The normalized spacial score (nSPS) is 14.5. The molecule has 0 bridgehead atoms. The third kappa shape index (κ3) is 7.82. The zero-order valence-corrected chi connectivity index (χ0v) is 26.9. The van der Waals surface area contributed by atoms with Crippen molar-refractivity contribution in [3.8, 4) is 5.75 Å². The van der Waals surface area contributed by atoms with Crippen LogP contribution in [0.25, 0.3) is 0 Å². The maximum atomic E-state index is 14.3. The summed E-state index contributed by atoms with van der Waals surface area (Å²) in [5.41, 5.74) is 1.44. The Morgan fingerprint density at radius 1 is 0.977 bits per heavy atom. The molecule has 0 heterocycles. The van der Waals surface area contributed by atoms with E-state index in [4.69, 9.17) is 27.9 Å². The summed E-state index contributed by atoms with van der Waals surface area (Å²) in [6.07, 6.45) is 4.94. The van der Waals surface area contributed by atoms with E-state index in [1.54, 1.807) is 61.5 Å². The smallest absolute Gasteiger partial charge is 0.264 e. The molecular formula is C32H37Cl2N3O5S. The Morgan fingerprint density at radius 2 is 1.63 bits per heavy atom. The highest BCUT2D eigenvalue weighted by Gasteiger charge is 2.35. The van der Waals surface area contributed by atoms with Crippen molar-refractivity contribution in [1.29, 1.82) is 0 Å². The standard InChI is InChI=1S/C32H37Cl2N3O5S/c1-22-17-18-30(42-3)29(19-22)37(43(40,41)25-13-8-5-9-14-25)21-31(38)36(20-26-27(33)15-10-16-28(26)34)23(2)32(39)35-24-11-6-4-7-12-24/h5,8-10,13-19,23-24H,4,6-7,11-12,20-21H2,1-3H3,(H,35,39)/t23-/m1/s1. The Balaban J connectivity index is 1.75. The van der Waals surface area contributed by atoms with Crippen LogP contribution in [-0.4, -0.2) is 50.9 Å². The molecular weight excluding hydrogens is 609 g/mol. The summed E-state index contributed by atoms with van der Waals surface area (Å²) in [7, 11) is -2.80. The van der Waals surface area contributed by atoms with E-state index in [0.29, 0.717) is 15.6 Å². The van der Waals surface area contributed by atoms with Gasteiger partial charge in [-0.1, -0.05) is 72.8 Å². The number of amides is 2. The molecule has 2 amide bonds. The predicted molar refractivity (Wildman–Crippen MR) is 170 cm³/mol. The maximum Gasteiger partial charge on any atom is 0.264 e. The van der Waals surface area contributed by atoms with Crippen LogP contribution in [-0.2, 0) is 26.2 Å². The lowest BCUT2D eigenvalue weighted by Gasteiger charge is -2.34. The third-order valence-electron chi connectivity index (χ3n) is 7.72. The second kappa shape index (κ2) is 14.5. The molecule has 3 aromatic rings. The summed E-state index contributed by atoms with van der Waals surface area (Å²) in [6.45, 7) is 2.76. The molecule has 1 aliphatic carbocycles. The number of methoxy groups -OCH3 is 1. The first kappa shape index (κ1) is 32.6. The van der Waals surface area contributed by atoms with Gasteiger partial charge in [0.05, 0.1) is 17.7 Å². The van der Waals surface area contributed by atoms with Crippen molar-refractivity contribution in [3.63, 3.8) is 0 Å². The minimum atomic E-state index is -4.24. The number of hydrogen-bond acceptors (Lipinski definition) is 5. The second-order valence-corrected chi connectivity index (χ2v) is 13.4. The van der Waals surface area contributed by atoms with Crippen molar-refractivity contribution in [1.82, 2.24) is 10.2 Å². The van der Waals surface area contributed by atoms with Crippen LogP contribution in [0.4, 0.5) is 5.69 Å². The van der Waals surface area contributed by atoms with Gasteiger partial charge in [0.25, 0.3) is 10.0 Å². The minimum Gasteiger partial charge on any atom is -0.495 e. The molecule has 0 spiro atoms. The maximum absolute atomic E-state index is 14.3. The molecule has 1 atom stereocenters. The summed E-state index contributed by atoms with van der Waals surface area (Å²) in [5.74, 6) is -0.652. The van der Waals surface area contributed by atoms with Crippen molar-refractivity contribution in [2.75, 3.05) is 18.0 Å². The summed E-state index contributed by atoms with van der Waals surface area (Å²) >= 11 is 13.0. The molecule has 1 aliphatic rings.